The third-order valence-corrected chi connectivity index (χ3v) is 7.54. The van der Waals surface area contributed by atoms with Gasteiger partial charge in [-0.3, -0.25) is 5.84 Å². The molecule has 5 rings (SSSR count). The van der Waals surface area contributed by atoms with Crippen molar-refractivity contribution in [2.24, 2.45) is 17.2 Å². The predicted octanol–water partition coefficient (Wildman–Crippen LogP) is 4.52. The minimum atomic E-state index is -4.50. The number of hydrogen-bond acceptors (Lipinski definition) is 4. The van der Waals surface area contributed by atoms with Crippen molar-refractivity contribution in [2.45, 2.75) is 44.0 Å². The molecular weight excluding hydrogens is 405 g/mol. The zero-order valence-electron chi connectivity index (χ0n) is 17.7. The monoisotopic (exact) mass is 432 g/mol. The van der Waals surface area contributed by atoms with Crippen molar-refractivity contribution in [3.63, 3.8) is 0 Å². The van der Waals surface area contributed by atoms with Gasteiger partial charge in [-0.25, -0.2) is 5.01 Å². The molecule has 166 valence electrons. The smallest absolute Gasteiger partial charge is 0.421 e. The van der Waals surface area contributed by atoms with Crippen molar-refractivity contribution < 1.29 is 22.6 Å². The number of ether oxygens (including phenoxy) is 2. The van der Waals surface area contributed by atoms with Crippen LogP contribution in [0.1, 0.15) is 41.6 Å². The summed E-state index contributed by atoms with van der Waals surface area (Å²) in [4.78, 5) is 0. The summed E-state index contributed by atoms with van der Waals surface area (Å²) >= 11 is 0. The summed E-state index contributed by atoms with van der Waals surface area (Å²) in [7, 11) is 1.58. The molecule has 2 aromatic rings. The van der Waals surface area contributed by atoms with Crippen LogP contribution < -0.4 is 10.6 Å². The first-order valence-electron chi connectivity index (χ1n) is 10.7. The van der Waals surface area contributed by atoms with E-state index >= 15 is 0 Å². The molecule has 0 aromatic heterocycles. The number of nitrogens with zero attached hydrogens (tertiary/aromatic N) is 1. The average Bonchev–Trinajstić information content (AvgIpc) is 3.32. The van der Waals surface area contributed by atoms with Gasteiger partial charge in [-0.1, -0.05) is 30.3 Å². The molecule has 1 unspecified atom stereocenters. The van der Waals surface area contributed by atoms with Crippen LogP contribution in [0.3, 0.4) is 0 Å². The number of fused-ring (bicyclic) bond motifs is 2. The molecule has 1 saturated heterocycles. The van der Waals surface area contributed by atoms with Crippen LogP contribution in [0.25, 0.3) is 0 Å². The van der Waals surface area contributed by atoms with Gasteiger partial charge in [0.2, 0.25) is 0 Å². The highest BCUT2D eigenvalue weighted by molar-refractivity contribution is 5.48. The fourth-order valence-electron chi connectivity index (χ4n) is 5.82. The molecule has 3 aliphatic rings. The number of hydrogen-bond donors (Lipinski definition) is 1. The summed E-state index contributed by atoms with van der Waals surface area (Å²) in [6.45, 7) is 1.95. The van der Waals surface area contributed by atoms with Crippen molar-refractivity contribution in [3.8, 4) is 5.75 Å². The number of hydrazine groups is 1. The van der Waals surface area contributed by atoms with Crippen molar-refractivity contribution >= 4 is 0 Å². The summed E-state index contributed by atoms with van der Waals surface area (Å²) in [5.41, 5.74) is 0.377. The fraction of sp³-hybridized carbons (Fsp3) is 0.500. The quantitative estimate of drug-likeness (QED) is 0.722. The number of nitrogens with two attached hydrogens (primary N) is 1. The Morgan fingerprint density at radius 1 is 1.23 bits per heavy atom. The minimum absolute atomic E-state index is 0.0321. The SMILES string of the molecule is COc1cc2c(cc1C[C@]13C[C@@H]1CN(N)[C@H]3c1ccccc1)C(C)(C(F)(F)F)OCC2. The molecule has 0 bridgehead atoms. The number of methoxy groups -OCH3 is 1. The molecular formula is C24H27F3N2O2. The Morgan fingerprint density at radius 3 is 2.65 bits per heavy atom. The Kier molecular flexibility index (Phi) is 4.66. The van der Waals surface area contributed by atoms with Crippen LogP contribution in [0.4, 0.5) is 13.2 Å². The van der Waals surface area contributed by atoms with Gasteiger partial charge in [0, 0.05) is 12.0 Å². The highest BCUT2D eigenvalue weighted by atomic mass is 19.4. The normalized spacial score (nSPS) is 32.5. The highest BCUT2D eigenvalue weighted by Crippen LogP contribution is 2.68. The molecule has 2 heterocycles. The van der Waals surface area contributed by atoms with E-state index in [1.54, 1.807) is 19.2 Å². The van der Waals surface area contributed by atoms with Crippen molar-refractivity contribution in [1.82, 2.24) is 5.01 Å². The van der Waals surface area contributed by atoms with E-state index in [0.29, 0.717) is 30.1 Å². The lowest BCUT2D eigenvalue weighted by atomic mass is 9.81. The van der Waals surface area contributed by atoms with E-state index < -0.39 is 11.8 Å². The third-order valence-electron chi connectivity index (χ3n) is 7.54. The second kappa shape index (κ2) is 6.95. The van der Waals surface area contributed by atoms with Crippen LogP contribution in [-0.2, 0) is 23.2 Å². The largest absolute Gasteiger partial charge is 0.496 e. The Morgan fingerprint density at radius 2 is 1.97 bits per heavy atom. The lowest BCUT2D eigenvalue weighted by Gasteiger charge is -2.38. The Hall–Kier alpha value is -2.09. The van der Waals surface area contributed by atoms with E-state index in [1.165, 1.54) is 0 Å². The molecule has 0 radical (unpaired) electrons. The Labute approximate surface area is 180 Å². The summed E-state index contributed by atoms with van der Waals surface area (Å²) in [5, 5.41) is 1.89. The lowest BCUT2D eigenvalue weighted by Crippen LogP contribution is -2.45. The van der Waals surface area contributed by atoms with E-state index in [2.05, 4.69) is 12.1 Å². The lowest BCUT2D eigenvalue weighted by molar-refractivity contribution is -0.281. The highest BCUT2D eigenvalue weighted by Gasteiger charge is 2.65. The van der Waals surface area contributed by atoms with Gasteiger partial charge in [0.25, 0.3) is 0 Å². The molecule has 1 saturated carbocycles. The summed E-state index contributed by atoms with van der Waals surface area (Å²) < 4.78 is 52.8. The van der Waals surface area contributed by atoms with Crippen LogP contribution in [0.2, 0.25) is 0 Å². The Bertz CT molecular complexity index is 996. The van der Waals surface area contributed by atoms with E-state index in [9.17, 15) is 13.2 Å². The molecule has 0 amide bonds. The second-order valence-electron chi connectivity index (χ2n) is 9.27. The Balaban J connectivity index is 1.56. The standard InChI is InChI=1S/C24H27F3N2O2/c1-22(24(25,26)27)19-10-17(20(30-2)11-16(19)8-9-31-22)12-23-13-18(23)14-29(28)21(23)15-6-4-3-5-7-15/h3-7,10-11,18,21H,8-9,12-14,28H2,1-2H3/t18-,21+,22?,23+/m1/s1. The van der Waals surface area contributed by atoms with Gasteiger partial charge in [-0.15, -0.1) is 0 Å². The molecule has 1 aliphatic carbocycles. The van der Waals surface area contributed by atoms with Crippen molar-refractivity contribution in [3.05, 3.63) is 64.7 Å². The first kappa shape index (κ1) is 20.8. The molecule has 7 heteroatoms. The van der Waals surface area contributed by atoms with E-state index in [0.717, 1.165) is 31.0 Å². The summed E-state index contributed by atoms with van der Waals surface area (Å²) in [5.74, 6) is 7.46. The summed E-state index contributed by atoms with van der Waals surface area (Å²) in [6.07, 6.45) is -2.43. The number of rotatable bonds is 4. The molecule has 2 aromatic carbocycles. The van der Waals surface area contributed by atoms with Gasteiger partial charge in [0.05, 0.1) is 19.8 Å². The number of benzene rings is 2. The van der Waals surface area contributed by atoms with Gasteiger partial charge < -0.3 is 9.47 Å². The third kappa shape index (κ3) is 3.09. The van der Waals surface area contributed by atoms with E-state index in [1.807, 2.05) is 23.2 Å². The van der Waals surface area contributed by atoms with Crippen molar-refractivity contribution in [2.75, 3.05) is 20.3 Å². The maximum absolute atomic E-state index is 14.0. The maximum atomic E-state index is 14.0. The second-order valence-corrected chi connectivity index (χ2v) is 9.27. The van der Waals surface area contributed by atoms with Gasteiger partial charge in [0.1, 0.15) is 5.75 Å². The summed E-state index contributed by atoms with van der Waals surface area (Å²) in [6, 6.07) is 13.6. The van der Waals surface area contributed by atoms with Gasteiger partial charge in [-0.05, 0) is 66.5 Å². The van der Waals surface area contributed by atoms with E-state index in [-0.39, 0.29) is 23.6 Å². The molecule has 0 spiro atoms. The topological polar surface area (TPSA) is 47.7 Å². The predicted molar refractivity (Wildman–Crippen MR) is 110 cm³/mol. The number of halogens is 3. The van der Waals surface area contributed by atoms with Crippen LogP contribution in [0.15, 0.2) is 42.5 Å². The maximum Gasteiger partial charge on any atom is 0.421 e. The van der Waals surface area contributed by atoms with E-state index in [4.69, 9.17) is 15.3 Å². The van der Waals surface area contributed by atoms with Gasteiger partial charge in [0.15, 0.2) is 5.60 Å². The fourth-order valence-corrected chi connectivity index (χ4v) is 5.82. The molecule has 2 fully saturated rings. The van der Waals surface area contributed by atoms with Crippen LogP contribution >= 0.6 is 0 Å². The van der Waals surface area contributed by atoms with Crippen LogP contribution in [-0.4, -0.2) is 31.4 Å². The average molecular weight is 432 g/mol. The minimum Gasteiger partial charge on any atom is -0.496 e. The molecule has 2 N–H and O–H groups in total. The molecule has 4 atom stereocenters. The zero-order valence-corrected chi connectivity index (χ0v) is 17.7. The first-order chi connectivity index (χ1) is 14.7. The van der Waals surface area contributed by atoms with Crippen molar-refractivity contribution in [1.29, 1.82) is 0 Å². The van der Waals surface area contributed by atoms with Gasteiger partial charge >= 0.3 is 6.18 Å². The van der Waals surface area contributed by atoms with Crippen LogP contribution in [0.5, 0.6) is 5.75 Å². The van der Waals surface area contributed by atoms with Crippen LogP contribution in [0, 0.1) is 11.3 Å². The number of alkyl halides is 3. The molecule has 31 heavy (non-hydrogen) atoms. The molecule has 2 aliphatic heterocycles. The molecule has 4 nitrogen and oxygen atoms in total. The zero-order chi connectivity index (χ0) is 22.0. The first-order valence-corrected chi connectivity index (χ1v) is 10.7. The number of piperidine rings is 1. The van der Waals surface area contributed by atoms with Gasteiger partial charge in [-0.2, -0.15) is 13.2 Å².